The zero-order valence-corrected chi connectivity index (χ0v) is 12.4. The van der Waals surface area contributed by atoms with Crippen LogP contribution in [0.15, 0.2) is 29.8 Å². The van der Waals surface area contributed by atoms with Crippen LogP contribution in [0, 0.1) is 6.92 Å². The first kappa shape index (κ1) is 15.8. The molecular weight excluding hydrogens is 301 g/mol. The van der Waals surface area contributed by atoms with Crippen LogP contribution in [0.25, 0.3) is 0 Å². The summed E-state index contributed by atoms with van der Waals surface area (Å²) < 4.78 is 40.9. The van der Waals surface area contributed by atoms with Crippen molar-refractivity contribution in [2.45, 2.75) is 26.3 Å². The average Bonchev–Trinajstić information content (AvgIpc) is 2.80. The smallest absolute Gasteiger partial charge is 0.406 e. The number of nitrogens with zero attached hydrogens (tertiary/aromatic N) is 1. The van der Waals surface area contributed by atoms with Crippen molar-refractivity contribution < 1.29 is 17.9 Å². The monoisotopic (exact) mass is 316 g/mol. The Bertz CT molecular complexity index is 598. The molecule has 0 saturated carbocycles. The Hall–Kier alpha value is -1.60. The lowest BCUT2D eigenvalue weighted by Gasteiger charge is -2.19. The summed E-state index contributed by atoms with van der Waals surface area (Å²) in [5.74, 6) is -0.218. The molecule has 0 fully saturated rings. The third-order valence-electron chi connectivity index (χ3n) is 2.88. The molecule has 0 aliphatic carbocycles. The van der Waals surface area contributed by atoms with E-state index in [4.69, 9.17) is 0 Å². The van der Waals surface area contributed by atoms with Crippen LogP contribution in [0.1, 0.15) is 29.1 Å². The van der Waals surface area contributed by atoms with Gasteiger partial charge in [0.05, 0.1) is 17.2 Å². The third kappa shape index (κ3) is 4.18. The van der Waals surface area contributed by atoms with Gasteiger partial charge in [0.1, 0.15) is 5.75 Å². The van der Waals surface area contributed by atoms with E-state index in [1.54, 1.807) is 17.6 Å². The lowest BCUT2D eigenvalue weighted by Crippen LogP contribution is -2.22. The van der Waals surface area contributed by atoms with Crippen molar-refractivity contribution in [3.8, 4) is 5.75 Å². The molecule has 1 aromatic carbocycles. The molecule has 1 N–H and O–H groups in total. The number of ether oxygens (including phenoxy) is 1. The zero-order valence-electron chi connectivity index (χ0n) is 11.6. The molecule has 1 heterocycles. The molecule has 0 aliphatic rings. The van der Waals surface area contributed by atoms with E-state index < -0.39 is 6.36 Å². The Morgan fingerprint density at radius 2 is 2.14 bits per heavy atom. The molecular formula is C14H15F3N2OS. The first-order valence-electron chi connectivity index (χ1n) is 6.39. The number of alkyl halides is 3. The topological polar surface area (TPSA) is 34.1 Å². The average molecular weight is 316 g/mol. The van der Waals surface area contributed by atoms with Crippen LogP contribution in [0.2, 0.25) is 0 Å². The van der Waals surface area contributed by atoms with Crippen LogP contribution in [0.4, 0.5) is 13.2 Å². The van der Waals surface area contributed by atoms with E-state index in [0.29, 0.717) is 12.1 Å². The normalized spacial score (nSPS) is 13.2. The van der Waals surface area contributed by atoms with Gasteiger partial charge in [0, 0.05) is 4.88 Å². The van der Waals surface area contributed by atoms with Crippen LogP contribution < -0.4 is 10.1 Å². The predicted octanol–water partition coefficient (Wildman–Crippen LogP) is 4.05. The lowest BCUT2D eigenvalue weighted by atomic mass is 10.0. The second-order valence-corrected chi connectivity index (χ2v) is 5.30. The van der Waals surface area contributed by atoms with Crippen molar-refractivity contribution >= 4 is 11.3 Å². The number of nitrogens with one attached hydrogen (secondary N) is 1. The molecule has 0 aliphatic heterocycles. The van der Waals surface area contributed by atoms with E-state index in [1.165, 1.54) is 23.5 Å². The summed E-state index contributed by atoms with van der Waals surface area (Å²) in [6.45, 7) is 4.51. The molecule has 7 heteroatoms. The van der Waals surface area contributed by atoms with E-state index >= 15 is 0 Å². The molecule has 0 amide bonds. The molecule has 0 saturated heterocycles. The summed E-state index contributed by atoms with van der Waals surface area (Å²) in [5, 5.41) is 3.27. The van der Waals surface area contributed by atoms with Gasteiger partial charge in [-0.15, -0.1) is 24.5 Å². The van der Waals surface area contributed by atoms with E-state index in [9.17, 15) is 13.2 Å². The Morgan fingerprint density at radius 3 is 2.71 bits per heavy atom. The number of aromatic nitrogens is 1. The maximum absolute atomic E-state index is 12.3. The van der Waals surface area contributed by atoms with E-state index in [1.807, 2.05) is 13.8 Å². The van der Waals surface area contributed by atoms with Gasteiger partial charge in [-0.25, -0.2) is 4.98 Å². The maximum Gasteiger partial charge on any atom is 0.573 e. The van der Waals surface area contributed by atoms with Crippen LogP contribution in [0.5, 0.6) is 5.75 Å². The second kappa shape index (κ2) is 6.44. The van der Waals surface area contributed by atoms with E-state index in [-0.39, 0.29) is 11.8 Å². The molecule has 0 radical (unpaired) electrons. The highest BCUT2D eigenvalue weighted by molar-refractivity contribution is 7.09. The molecule has 21 heavy (non-hydrogen) atoms. The fraction of sp³-hybridized carbons (Fsp3) is 0.357. The quantitative estimate of drug-likeness (QED) is 0.903. The molecule has 0 bridgehead atoms. The zero-order chi connectivity index (χ0) is 15.5. The summed E-state index contributed by atoms with van der Waals surface area (Å²) in [4.78, 5) is 5.18. The largest absolute Gasteiger partial charge is 0.573 e. The molecule has 3 nitrogen and oxygen atoms in total. The van der Waals surface area contributed by atoms with E-state index in [2.05, 4.69) is 15.0 Å². The van der Waals surface area contributed by atoms with Gasteiger partial charge < -0.3 is 10.1 Å². The number of aryl methyl sites for hydroxylation is 1. The highest BCUT2D eigenvalue weighted by Crippen LogP contribution is 2.31. The van der Waals surface area contributed by atoms with E-state index in [0.717, 1.165) is 10.6 Å². The van der Waals surface area contributed by atoms with Gasteiger partial charge in [-0.1, -0.05) is 19.1 Å². The fourth-order valence-electron chi connectivity index (χ4n) is 2.05. The molecule has 1 atom stereocenters. The lowest BCUT2D eigenvalue weighted by molar-refractivity contribution is -0.274. The summed E-state index contributed by atoms with van der Waals surface area (Å²) in [7, 11) is 0. The van der Waals surface area contributed by atoms with Gasteiger partial charge in [-0.2, -0.15) is 0 Å². The highest BCUT2D eigenvalue weighted by atomic mass is 32.1. The van der Waals surface area contributed by atoms with Gasteiger partial charge in [0.25, 0.3) is 0 Å². The van der Waals surface area contributed by atoms with Gasteiger partial charge in [0.15, 0.2) is 0 Å². The minimum absolute atomic E-state index is 0.195. The molecule has 1 aromatic heterocycles. The second-order valence-electron chi connectivity index (χ2n) is 4.41. The van der Waals surface area contributed by atoms with Crippen LogP contribution in [0.3, 0.4) is 0 Å². The number of halogens is 3. The molecule has 2 rings (SSSR count). The standard InChI is InChI=1S/C14H15F3N2OS/c1-3-18-12(13-9(2)19-8-21-13)10-5-4-6-11(7-10)20-14(15,16)17/h4-8,12,18H,3H2,1-2H3. The Morgan fingerprint density at radius 1 is 1.38 bits per heavy atom. The van der Waals surface area contributed by atoms with Crippen LogP contribution in [-0.4, -0.2) is 17.9 Å². The first-order chi connectivity index (χ1) is 9.90. The van der Waals surface area contributed by atoms with Crippen molar-refractivity contribution in [3.63, 3.8) is 0 Å². The minimum atomic E-state index is -4.69. The predicted molar refractivity (Wildman–Crippen MR) is 75.5 cm³/mol. The Labute approximate surface area is 124 Å². The fourth-order valence-corrected chi connectivity index (χ4v) is 2.95. The Balaban J connectivity index is 2.33. The van der Waals surface area contributed by atoms with Crippen molar-refractivity contribution in [1.29, 1.82) is 0 Å². The van der Waals surface area contributed by atoms with Crippen molar-refractivity contribution in [3.05, 3.63) is 45.9 Å². The van der Waals surface area contributed by atoms with Crippen molar-refractivity contribution in [2.75, 3.05) is 6.54 Å². The summed E-state index contributed by atoms with van der Waals surface area (Å²) in [6.07, 6.45) is -4.69. The maximum atomic E-state index is 12.3. The summed E-state index contributed by atoms with van der Waals surface area (Å²) in [6, 6.07) is 5.83. The van der Waals surface area contributed by atoms with Gasteiger partial charge in [0.2, 0.25) is 0 Å². The first-order valence-corrected chi connectivity index (χ1v) is 7.27. The Kier molecular flexibility index (Phi) is 4.84. The summed E-state index contributed by atoms with van der Waals surface area (Å²) in [5.41, 5.74) is 3.31. The van der Waals surface area contributed by atoms with Crippen LogP contribution in [-0.2, 0) is 0 Å². The van der Waals surface area contributed by atoms with Gasteiger partial charge in [-0.05, 0) is 31.2 Å². The van der Waals surface area contributed by atoms with Crippen LogP contribution >= 0.6 is 11.3 Å². The number of rotatable bonds is 5. The van der Waals surface area contributed by atoms with Gasteiger partial charge in [-0.3, -0.25) is 0 Å². The van der Waals surface area contributed by atoms with Crippen molar-refractivity contribution in [2.24, 2.45) is 0 Å². The number of thiazole rings is 1. The van der Waals surface area contributed by atoms with Gasteiger partial charge >= 0.3 is 6.36 Å². The van der Waals surface area contributed by atoms with Crippen molar-refractivity contribution in [1.82, 2.24) is 10.3 Å². The number of hydrogen-bond acceptors (Lipinski definition) is 4. The molecule has 2 aromatic rings. The molecule has 1 unspecified atom stereocenters. The number of benzene rings is 1. The molecule has 0 spiro atoms. The summed E-state index contributed by atoms with van der Waals surface area (Å²) >= 11 is 1.47. The third-order valence-corrected chi connectivity index (χ3v) is 3.87. The highest BCUT2D eigenvalue weighted by Gasteiger charge is 2.31. The minimum Gasteiger partial charge on any atom is -0.406 e. The SMILES string of the molecule is CCNC(c1cccc(OC(F)(F)F)c1)c1scnc1C. The molecule has 114 valence electrons. The number of hydrogen-bond donors (Lipinski definition) is 1.